The summed E-state index contributed by atoms with van der Waals surface area (Å²) in [6.45, 7) is 7.81. The predicted octanol–water partition coefficient (Wildman–Crippen LogP) is 5.90. The highest BCUT2D eigenvalue weighted by atomic mass is 35.5. The third-order valence-corrected chi connectivity index (χ3v) is 4.85. The van der Waals surface area contributed by atoms with Gasteiger partial charge in [-0.2, -0.15) is 0 Å². The zero-order chi connectivity index (χ0) is 23.6. The minimum Gasteiger partial charge on any atom is -0.486 e. The third-order valence-electron chi connectivity index (χ3n) is 4.62. The number of nitrogens with zero attached hydrogens (tertiary/aromatic N) is 1. The van der Waals surface area contributed by atoms with Gasteiger partial charge < -0.3 is 14.8 Å². The van der Waals surface area contributed by atoms with E-state index in [1.807, 2.05) is 26.8 Å². The number of hydrogen-bond acceptors (Lipinski definition) is 5. The van der Waals surface area contributed by atoms with Crippen molar-refractivity contribution in [2.75, 3.05) is 6.54 Å². The molecular weight excluding hydrogens is 428 g/mol. The SMILES string of the molecule is CCCCC[C@@H](Oc1ccc(C(=O)NCCC(=O)OC(C)(C)C)cc1)c1ccc(Cl)nc1. The molecule has 2 rings (SSSR count). The first kappa shape index (κ1) is 25.7. The number of esters is 1. The van der Waals surface area contributed by atoms with Crippen molar-refractivity contribution in [1.82, 2.24) is 10.3 Å². The van der Waals surface area contributed by atoms with Gasteiger partial charge in [-0.05, 0) is 63.9 Å². The largest absolute Gasteiger partial charge is 0.486 e. The van der Waals surface area contributed by atoms with Crippen molar-refractivity contribution in [3.63, 3.8) is 0 Å². The molecule has 1 aromatic carbocycles. The highest BCUT2D eigenvalue weighted by Crippen LogP contribution is 2.27. The summed E-state index contributed by atoms with van der Waals surface area (Å²) in [6, 6.07) is 10.7. The molecule has 32 heavy (non-hydrogen) atoms. The second-order valence-corrected chi connectivity index (χ2v) is 9.02. The molecule has 0 unspecified atom stereocenters. The van der Waals surface area contributed by atoms with Crippen molar-refractivity contribution in [2.24, 2.45) is 0 Å². The number of hydrogen-bond donors (Lipinski definition) is 1. The van der Waals surface area contributed by atoms with E-state index in [0.717, 1.165) is 31.2 Å². The molecule has 0 spiro atoms. The highest BCUT2D eigenvalue weighted by Gasteiger charge is 2.17. The smallest absolute Gasteiger partial charge is 0.308 e. The Labute approximate surface area is 195 Å². The molecule has 0 radical (unpaired) electrons. The number of ether oxygens (including phenoxy) is 2. The van der Waals surface area contributed by atoms with Gasteiger partial charge in [-0.3, -0.25) is 9.59 Å². The fraction of sp³-hybridized carbons (Fsp3) is 0.480. The lowest BCUT2D eigenvalue weighted by Gasteiger charge is -2.20. The summed E-state index contributed by atoms with van der Waals surface area (Å²) in [5, 5.41) is 3.19. The van der Waals surface area contributed by atoms with E-state index in [-0.39, 0.29) is 30.9 Å². The van der Waals surface area contributed by atoms with Crippen molar-refractivity contribution in [3.05, 3.63) is 58.9 Å². The Morgan fingerprint density at radius 3 is 2.41 bits per heavy atom. The first-order chi connectivity index (χ1) is 15.2. The van der Waals surface area contributed by atoms with E-state index in [2.05, 4.69) is 17.2 Å². The van der Waals surface area contributed by atoms with E-state index in [0.29, 0.717) is 16.5 Å². The number of carbonyl (C=O) groups is 2. The van der Waals surface area contributed by atoms with E-state index in [4.69, 9.17) is 21.1 Å². The summed E-state index contributed by atoms with van der Waals surface area (Å²) in [5.41, 5.74) is 0.930. The van der Waals surface area contributed by atoms with Crippen LogP contribution in [0.1, 0.15) is 81.8 Å². The van der Waals surface area contributed by atoms with Crippen LogP contribution in [0.4, 0.5) is 0 Å². The maximum Gasteiger partial charge on any atom is 0.308 e. The molecule has 0 saturated heterocycles. The van der Waals surface area contributed by atoms with Crippen LogP contribution in [0, 0.1) is 0 Å². The third kappa shape index (κ3) is 9.27. The van der Waals surface area contributed by atoms with Crippen LogP contribution in [0.3, 0.4) is 0 Å². The van der Waals surface area contributed by atoms with Gasteiger partial charge >= 0.3 is 5.97 Å². The topological polar surface area (TPSA) is 77.5 Å². The number of pyridine rings is 1. The molecule has 2 aromatic rings. The van der Waals surface area contributed by atoms with Gasteiger partial charge in [-0.25, -0.2) is 4.98 Å². The summed E-state index contributed by atoms with van der Waals surface area (Å²) in [7, 11) is 0. The average Bonchev–Trinajstić information content (AvgIpc) is 2.73. The van der Waals surface area contributed by atoms with Crippen LogP contribution < -0.4 is 10.1 Å². The standard InChI is InChI=1S/C25H33ClN2O4/c1-5-6-7-8-21(19-11-14-22(26)28-17-19)31-20-12-9-18(10-13-20)24(30)27-16-15-23(29)32-25(2,3)4/h9-14,17,21H,5-8,15-16H2,1-4H3,(H,27,30)/t21-/m1/s1. The van der Waals surface area contributed by atoms with Crippen molar-refractivity contribution >= 4 is 23.5 Å². The summed E-state index contributed by atoms with van der Waals surface area (Å²) in [4.78, 5) is 28.3. The first-order valence-corrected chi connectivity index (χ1v) is 11.4. The molecule has 0 aliphatic rings. The normalized spacial score (nSPS) is 12.2. The maximum atomic E-state index is 12.3. The molecule has 1 heterocycles. The van der Waals surface area contributed by atoms with Gasteiger partial charge in [0.1, 0.15) is 22.6 Å². The molecule has 1 amide bonds. The molecule has 1 N–H and O–H groups in total. The van der Waals surface area contributed by atoms with Gasteiger partial charge in [-0.15, -0.1) is 0 Å². The number of carbonyl (C=O) groups excluding carboxylic acids is 2. The van der Waals surface area contributed by atoms with Crippen LogP contribution in [0.25, 0.3) is 0 Å². The fourth-order valence-corrected chi connectivity index (χ4v) is 3.18. The van der Waals surface area contributed by atoms with Gasteiger partial charge in [0, 0.05) is 23.9 Å². The molecule has 0 fully saturated rings. The van der Waals surface area contributed by atoms with Gasteiger partial charge in [0.2, 0.25) is 0 Å². The van der Waals surface area contributed by atoms with E-state index < -0.39 is 5.60 Å². The van der Waals surface area contributed by atoms with Gasteiger partial charge in [0.15, 0.2) is 0 Å². The quantitative estimate of drug-likeness (QED) is 0.256. The summed E-state index contributed by atoms with van der Waals surface area (Å²) >= 11 is 5.92. The first-order valence-electron chi connectivity index (χ1n) is 11.1. The maximum absolute atomic E-state index is 12.3. The molecule has 1 aromatic heterocycles. The zero-order valence-electron chi connectivity index (χ0n) is 19.3. The lowest BCUT2D eigenvalue weighted by molar-refractivity contribution is -0.154. The van der Waals surface area contributed by atoms with Gasteiger partial charge in [0.25, 0.3) is 5.91 Å². The van der Waals surface area contributed by atoms with E-state index in [1.54, 1.807) is 36.5 Å². The predicted molar refractivity (Wildman–Crippen MR) is 126 cm³/mol. The second-order valence-electron chi connectivity index (χ2n) is 8.63. The lowest BCUT2D eigenvalue weighted by atomic mass is 10.0. The fourth-order valence-electron chi connectivity index (χ4n) is 3.07. The van der Waals surface area contributed by atoms with Crippen molar-refractivity contribution in [2.45, 2.75) is 71.5 Å². The molecule has 174 valence electrons. The summed E-state index contributed by atoms with van der Waals surface area (Å²) in [6.07, 6.45) is 5.89. The van der Waals surface area contributed by atoms with E-state index in [1.165, 1.54) is 0 Å². The number of rotatable bonds is 11. The number of unbranched alkanes of at least 4 members (excludes halogenated alkanes) is 2. The summed E-state index contributed by atoms with van der Waals surface area (Å²) in [5.74, 6) is 0.0839. The number of amides is 1. The minimum atomic E-state index is -0.534. The van der Waals surface area contributed by atoms with Gasteiger partial charge in [0.05, 0.1) is 6.42 Å². The van der Waals surface area contributed by atoms with E-state index in [9.17, 15) is 9.59 Å². The van der Waals surface area contributed by atoms with Gasteiger partial charge in [-0.1, -0.05) is 37.4 Å². The lowest BCUT2D eigenvalue weighted by Crippen LogP contribution is -2.29. The Morgan fingerprint density at radius 1 is 1.09 bits per heavy atom. The van der Waals surface area contributed by atoms with Crippen molar-refractivity contribution in [1.29, 1.82) is 0 Å². The van der Waals surface area contributed by atoms with Crippen LogP contribution >= 0.6 is 11.6 Å². The Balaban J connectivity index is 1.93. The van der Waals surface area contributed by atoms with Crippen LogP contribution in [0.15, 0.2) is 42.6 Å². The number of nitrogens with one attached hydrogen (secondary N) is 1. The van der Waals surface area contributed by atoms with Crippen LogP contribution in [-0.2, 0) is 9.53 Å². The molecule has 1 atom stereocenters. The number of aromatic nitrogens is 1. The Morgan fingerprint density at radius 2 is 1.81 bits per heavy atom. The van der Waals surface area contributed by atoms with Crippen LogP contribution in [-0.4, -0.2) is 29.0 Å². The molecular formula is C25H33ClN2O4. The van der Waals surface area contributed by atoms with Crippen LogP contribution in [0.2, 0.25) is 5.15 Å². The highest BCUT2D eigenvalue weighted by molar-refractivity contribution is 6.29. The Hall–Kier alpha value is -2.60. The van der Waals surface area contributed by atoms with Crippen molar-refractivity contribution < 1.29 is 19.1 Å². The molecule has 7 heteroatoms. The molecule has 0 bridgehead atoms. The molecule has 0 saturated carbocycles. The van der Waals surface area contributed by atoms with Crippen LogP contribution in [0.5, 0.6) is 5.75 Å². The second kappa shape index (κ2) is 12.4. The monoisotopic (exact) mass is 460 g/mol. The minimum absolute atomic E-state index is 0.124. The molecule has 6 nitrogen and oxygen atoms in total. The molecule has 0 aliphatic heterocycles. The summed E-state index contributed by atoms with van der Waals surface area (Å²) < 4.78 is 11.4. The Kier molecular flexibility index (Phi) is 9.97. The van der Waals surface area contributed by atoms with Crippen molar-refractivity contribution in [3.8, 4) is 5.75 Å². The molecule has 0 aliphatic carbocycles. The Bertz CT molecular complexity index is 861. The number of halogens is 1. The average molecular weight is 461 g/mol. The number of benzene rings is 1. The van der Waals surface area contributed by atoms with E-state index >= 15 is 0 Å². The zero-order valence-corrected chi connectivity index (χ0v) is 20.1.